The molecule has 5 heteroatoms. The molecule has 0 aliphatic carbocycles. The highest BCUT2D eigenvalue weighted by atomic mass is 16.5. The Morgan fingerprint density at radius 3 is 3.00 bits per heavy atom. The minimum atomic E-state index is 0.149. The molecule has 0 bridgehead atoms. The summed E-state index contributed by atoms with van der Waals surface area (Å²) in [5, 5.41) is 4.06. The summed E-state index contributed by atoms with van der Waals surface area (Å²) in [6.07, 6.45) is 3.60. The predicted molar refractivity (Wildman–Crippen MR) is 58.0 cm³/mol. The summed E-state index contributed by atoms with van der Waals surface area (Å²) in [5.74, 6) is 1.20. The number of rotatable bonds is 4. The molecule has 1 fully saturated rings. The average Bonchev–Trinajstić information content (AvgIpc) is 2.77. The Morgan fingerprint density at radius 2 is 2.31 bits per heavy atom. The molecule has 1 aromatic rings. The summed E-state index contributed by atoms with van der Waals surface area (Å²) in [6, 6.07) is 0. The van der Waals surface area contributed by atoms with Crippen molar-refractivity contribution in [2.45, 2.75) is 32.7 Å². The fourth-order valence-corrected chi connectivity index (χ4v) is 2.01. The van der Waals surface area contributed by atoms with Gasteiger partial charge in [-0.2, -0.15) is 5.10 Å². The Kier molecular flexibility index (Phi) is 3.66. The predicted octanol–water partition coefficient (Wildman–Crippen LogP) is 0.836. The van der Waals surface area contributed by atoms with Crippen LogP contribution in [-0.2, 0) is 22.5 Å². The van der Waals surface area contributed by atoms with Gasteiger partial charge in [-0.3, -0.25) is 4.79 Å². The van der Waals surface area contributed by atoms with Gasteiger partial charge in [-0.1, -0.05) is 0 Å². The number of hydrogen-bond acceptors (Lipinski definition) is 4. The second-order valence-electron chi connectivity index (χ2n) is 4.02. The van der Waals surface area contributed by atoms with Gasteiger partial charge in [0, 0.05) is 25.7 Å². The Labute approximate surface area is 94.8 Å². The van der Waals surface area contributed by atoms with Crippen LogP contribution in [0, 0.1) is 5.92 Å². The first-order valence-electron chi connectivity index (χ1n) is 5.78. The van der Waals surface area contributed by atoms with E-state index in [9.17, 15) is 4.79 Å². The maximum Gasteiger partial charge on any atom is 0.143 e. The molecule has 1 aliphatic heterocycles. The minimum Gasteiger partial charge on any atom is -0.381 e. The van der Waals surface area contributed by atoms with E-state index in [4.69, 9.17) is 4.74 Å². The van der Waals surface area contributed by atoms with Crippen LogP contribution >= 0.6 is 0 Å². The van der Waals surface area contributed by atoms with Crippen molar-refractivity contribution in [2.24, 2.45) is 5.92 Å². The van der Waals surface area contributed by atoms with E-state index in [2.05, 4.69) is 10.1 Å². The lowest BCUT2D eigenvalue weighted by Crippen LogP contribution is -2.25. The first kappa shape index (κ1) is 11.3. The molecule has 16 heavy (non-hydrogen) atoms. The molecule has 88 valence electrons. The summed E-state index contributed by atoms with van der Waals surface area (Å²) in [7, 11) is 0. The SMILES string of the molecule is CCn1ncnc1CC(=O)C1CCOCC1. The van der Waals surface area contributed by atoms with Crippen LogP contribution in [0.5, 0.6) is 0 Å². The fraction of sp³-hybridized carbons (Fsp3) is 0.727. The van der Waals surface area contributed by atoms with Crippen LogP contribution in [0.15, 0.2) is 6.33 Å². The van der Waals surface area contributed by atoms with E-state index in [1.54, 1.807) is 4.68 Å². The molecular formula is C11H17N3O2. The third-order valence-corrected chi connectivity index (χ3v) is 3.00. The van der Waals surface area contributed by atoms with E-state index < -0.39 is 0 Å². The zero-order valence-corrected chi connectivity index (χ0v) is 9.56. The Morgan fingerprint density at radius 1 is 1.56 bits per heavy atom. The van der Waals surface area contributed by atoms with Crippen LogP contribution in [0.1, 0.15) is 25.6 Å². The van der Waals surface area contributed by atoms with Gasteiger partial charge in [0.15, 0.2) is 0 Å². The van der Waals surface area contributed by atoms with Gasteiger partial charge in [0.1, 0.15) is 17.9 Å². The zero-order valence-electron chi connectivity index (χ0n) is 9.56. The maximum atomic E-state index is 12.0. The molecule has 0 N–H and O–H groups in total. The first-order chi connectivity index (χ1) is 7.81. The molecule has 0 radical (unpaired) electrons. The van der Waals surface area contributed by atoms with Gasteiger partial charge < -0.3 is 4.74 Å². The molecule has 0 aromatic carbocycles. The van der Waals surface area contributed by atoms with Crippen LogP contribution in [0.2, 0.25) is 0 Å². The Bertz CT molecular complexity index is 356. The van der Waals surface area contributed by atoms with Gasteiger partial charge in [0.05, 0.1) is 6.42 Å². The van der Waals surface area contributed by atoms with Crippen molar-refractivity contribution in [2.75, 3.05) is 13.2 Å². The standard InChI is InChI=1S/C11H17N3O2/c1-2-14-11(12-8-13-14)7-10(15)9-3-5-16-6-4-9/h8-9H,2-7H2,1H3. The van der Waals surface area contributed by atoms with Crippen molar-refractivity contribution in [1.82, 2.24) is 14.8 Å². The van der Waals surface area contributed by atoms with Gasteiger partial charge in [0.2, 0.25) is 0 Å². The quantitative estimate of drug-likeness (QED) is 0.759. The van der Waals surface area contributed by atoms with E-state index in [1.165, 1.54) is 6.33 Å². The van der Waals surface area contributed by atoms with E-state index in [-0.39, 0.29) is 11.7 Å². The summed E-state index contributed by atoms with van der Waals surface area (Å²) in [6.45, 7) is 4.17. The van der Waals surface area contributed by atoms with Crippen LogP contribution in [0.3, 0.4) is 0 Å². The molecule has 0 atom stereocenters. The van der Waals surface area contributed by atoms with Gasteiger partial charge in [-0.15, -0.1) is 0 Å². The molecular weight excluding hydrogens is 206 g/mol. The molecule has 1 saturated heterocycles. The van der Waals surface area contributed by atoms with Gasteiger partial charge in [0.25, 0.3) is 0 Å². The Balaban J connectivity index is 1.95. The highest BCUT2D eigenvalue weighted by Crippen LogP contribution is 2.17. The van der Waals surface area contributed by atoms with E-state index in [0.29, 0.717) is 19.6 Å². The number of aromatic nitrogens is 3. The summed E-state index contributed by atoms with van der Waals surface area (Å²) < 4.78 is 7.02. The largest absolute Gasteiger partial charge is 0.381 e. The highest BCUT2D eigenvalue weighted by Gasteiger charge is 2.22. The van der Waals surface area contributed by atoms with E-state index in [1.807, 2.05) is 6.92 Å². The second-order valence-corrected chi connectivity index (χ2v) is 4.02. The second kappa shape index (κ2) is 5.21. The van der Waals surface area contributed by atoms with Crippen molar-refractivity contribution >= 4 is 5.78 Å². The number of carbonyl (C=O) groups is 1. The molecule has 2 heterocycles. The number of carbonyl (C=O) groups excluding carboxylic acids is 1. The molecule has 0 unspecified atom stereocenters. The van der Waals surface area contributed by atoms with Gasteiger partial charge in [-0.25, -0.2) is 9.67 Å². The lowest BCUT2D eigenvalue weighted by Gasteiger charge is -2.20. The van der Waals surface area contributed by atoms with Crippen LogP contribution in [-0.4, -0.2) is 33.8 Å². The van der Waals surface area contributed by atoms with Crippen LogP contribution in [0.4, 0.5) is 0 Å². The lowest BCUT2D eigenvalue weighted by atomic mass is 9.93. The molecule has 2 rings (SSSR count). The molecule has 0 amide bonds. The smallest absolute Gasteiger partial charge is 0.143 e. The third-order valence-electron chi connectivity index (χ3n) is 3.00. The number of aryl methyl sites for hydroxylation is 1. The van der Waals surface area contributed by atoms with Gasteiger partial charge >= 0.3 is 0 Å². The molecule has 0 saturated carbocycles. The van der Waals surface area contributed by atoms with E-state index in [0.717, 1.165) is 25.2 Å². The molecule has 1 aliphatic rings. The zero-order chi connectivity index (χ0) is 11.4. The van der Waals surface area contributed by atoms with Crippen LogP contribution in [0.25, 0.3) is 0 Å². The van der Waals surface area contributed by atoms with Crippen molar-refractivity contribution in [3.63, 3.8) is 0 Å². The Hall–Kier alpha value is -1.23. The average molecular weight is 223 g/mol. The van der Waals surface area contributed by atoms with Crippen molar-refractivity contribution < 1.29 is 9.53 Å². The highest BCUT2D eigenvalue weighted by molar-refractivity contribution is 5.82. The number of Topliss-reactive ketones (excluding diaryl/α,β-unsaturated/α-hetero) is 1. The van der Waals surface area contributed by atoms with Crippen molar-refractivity contribution in [3.8, 4) is 0 Å². The molecule has 1 aromatic heterocycles. The van der Waals surface area contributed by atoms with Gasteiger partial charge in [-0.05, 0) is 19.8 Å². The lowest BCUT2D eigenvalue weighted by molar-refractivity contribution is -0.125. The van der Waals surface area contributed by atoms with E-state index >= 15 is 0 Å². The number of ketones is 1. The molecule has 5 nitrogen and oxygen atoms in total. The first-order valence-corrected chi connectivity index (χ1v) is 5.78. The fourth-order valence-electron chi connectivity index (χ4n) is 2.01. The molecule has 0 spiro atoms. The van der Waals surface area contributed by atoms with Crippen molar-refractivity contribution in [3.05, 3.63) is 12.2 Å². The monoisotopic (exact) mass is 223 g/mol. The van der Waals surface area contributed by atoms with Crippen LogP contribution < -0.4 is 0 Å². The third kappa shape index (κ3) is 2.47. The summed E-state index contributed by atoms with van der Waals surface area (Å²) in [4.78, 5) is 16.1. The number of hydrogen-bond donors (Lipinski definition) is 0. The van der Waals surface area contributed by atoms with Crippen molar-refractivity contribution in [1.29, 1.82) is 0 Å². The summed E-state index contributed by atoms with van der Waals surface area (Å²) in [5.41, 5.74) is 0. The summed E-state index contributed by atoms with van der Waals surface area (Å²) >= 11 is 0. The normalized spacial score (nSPS) is 17.6. The maximum absolute atomic E-state index is 12.0. The minimum absolute atomic E-state index is 0.149. The topological polar surface area (TPSA) is 57.0 Å². The number of ether oxygens (including phenoxy) is 1. The number of nitrogens with zero attached hydrogens (tertiary/aromatic N) is 3.